The van der Waals surface area contributed by atoms with Crippen molar-refractivity contribution < 1.29 is 0 Å². The van der Waals surface area contributed by atoms with E-state index in [9.17, 15) is 0 Å². The second-order valence-electron chi connectivity index (χ2n) is 10.4. The van der Waals surface area contributed by atoms with Crippen LogP contribution >= 0.6 is 11.8 Å². The number of nitrogens with zero attached hydrogens (tertiary/aromatic N) is 5. The molecule has 0 unspecified atom stereocenters. The average Bonchev–Trinajstić information content (AvgIpc) is 3.11. The molecule has 1 aliphatic heterocycles. The highest BCUT2D eigenvalue weighted by Crippen LogP contribution is 2.50. The van der Waals surface area contributed by atoms with Gasteiger partial charge < -0.3 is 0 Å². The van der Waals surface area contributed by atoms with Crippen molar-refractivity contribution in [3.8, 4) is 45.3 Å². The molecular weight excluding hydrogens is 559 g/mol. The van der Waals surface area contributed by atoms with E-state index in [0.29, 0.717) is 17.5 Å². The molecule has 8 rings (SSSR count). The fourth-order valence-electron chi connectivity index (χ4n) is 5.40. The van der Waals surface area contributed by atoms with Crippen LogP contribution in [0.5, 0.6) is 0 Å². The molecule has 44 heavy (non-hydrogen) atoms. The normalized spacial score (nSPS) is 12.0. The Morgan fingerprint density at radius 2 is 0.886 bits per heavy atom. The first kappa shape index (κ1) is 26.1. The summed E-state index contributed by atoms with van der Waals surface area (Å²) < 4.78 is 0. The molecule has 0 amide bonds. The summed E-state index contributed by atoms with van der Waals surface area (Å²) in [7, 11) is 0. The van der Waals surface area contributed by atoms with Crippen molar-refractivity contribution in [1.29, 1.82) is 0 Å². The maximum absolute atomic E-state index is 4.87. The molecule has 0 radical (unpaired) electrons. The van der Waals surface area contributed by atoms with Crippen LogP contribution in [0, 0.1) is 0 Å². The number of aromatic nitrogens is 4. The third-order valence-electron chi connectivity index (χ3n) is 7.59. The van der Waals surface area contributed by atoms with E-state index in [-0.39, 0.29) is 0 Å². The van der Waals surface area contributed by atoms with Crippen LogP contribution in [0.3, 0.4) is 0 Å². The zero-order valence-corrected chi connectivity index (χ0v) is 24.4. The van der Waals surface area contributed by atoms with Gasteiger partial charge in [-0.3, -0.25) is 4.90 Å². The summed E-state index contributed by atoms with van der Waals surface area (Å²) in [5, 5.41) is 0. The highest BCUT2D eigenvalue weighted by atomic mass is 32.2. The van der Waals surface area contributed by atoms with Crippen LogP contribution in [0.25, 0.3) is 45.3 Å². The molecule has 0 fully saturated rings. The molecule has 208 valence electrons. The van der Waals surface area contributed by atoms with Crippen molar-refractivity contribution in [2.45, 2.75) is 9.79 Å². The van der Waals surface area contributed by atoms with Gasteiger partial charge in [0.1, 0.15) is 0 Å². The molecule has 0 spiro atoms. The smallest absolute Gasteiger partial charge is 0.164 e. The van der Waals surface area contributed by atoms with Gasteiger partial charge in [0.25, 0.3) is 0 Å². The number of pyridine rings is 1. The second-order valence-corrected chi connectivity index (χ2v) is 11.5. The summed E-state index contributed by atoms with van der Waals surface area (Å²) in [5.41, 5.74) is 7.32. The summed E-state index contributed by atoms with van der Waals surface area (Å²) in [6, 6.07) is 49.8. The highest BCUT2D eigenvalue weighted by Gasteiger charge is 2.25. The van der Waals surface area contributed by atoms with Crippen molar-refractivity contribution in [2.24, 2.45) is 0 Å². The lowest BCUT2D eigenvalue weighted by Crippen LogP contribution is -2.16. The molecule has 0 bridgehead atoms. The summed E-state index contributed by atoms with van der Waals surface area (Å²) in [6.07, 6.45) is 1.86. The Morgan fingerprint density at radius 1 is 0.409 bits per heavy atom. The SMILES string of the molecule is c1ccc(-c2nc(-c3ccccc3)nc(-c3ccc(-c4ccc(N5c6ccccc6Sc6cccnc65)cc4)cc3)n2)cc1. The number of para-hydroxylation sites is 1. The van der Waals surface area contributed by atoms with Crippen LogP contribution in [0.15, 0.2) is 162 Å². The van der Waals surface area contributed by atoms with Crippen molar-refractivity contribution in [3.05, 3.63) is 152 Å². The van der Waals surface area contributed by atoms with Gasteiger partial charge in [-0.1, -0.05) is 121 Å². The van der Waals surface area contributed by atoms with Gasteiger partial charge in [-0.05, 0) is 47.5 Å². The van der Waals surface area contributed by atoms with E-state index >= 15 is 0 Å². The number of hydrogen-bond donors (Lipinski definition) is 0. The van der Waals surface area contributed by atoms with Crippen LogP contribution in [0.1, 0.15) is 0 Å². The Hall–Kier alpha value is -5.59. The number of fused-ring (bicyclic) bond motifs is 2. The van der Waals surface area contributed by atoms with Crippen LogP contribution in [-0.4, -0.2) is 19.9 Å². The van der Waals surface area contributed by atoms with Crippen molar-refractivity contribution in [2.75, 3.05) is 4.90 Å². The fourth-order valence-corrected chi connectivity index (χ4v) is 6.43. The molecule has 3 heterocycles. The van der Waals surface area contributed by atoms with E-state index in [2.05, 4.69) is 83.8 Å². The van der Waals surface area contributed by atoms with E-state index in [1.807, 2.05) is 72.9 Å². The molecule has 0 saturated heterocycles. The van der Waals surface area contributed by atoms with Gasteiger partial charge in [0.05, 0.1) is 10.6 Å². The molecule has 5 aromatic carbocycles. The first-order valence-electron chi connectivity index (χ1n) is 14.4. The van der Waals surface area contributed by atoms with Crippen molar-refractivity contribution in [3.63, 3.8) is 0 Å². The molecule has 7 aromatic rings. The lowest BCUT2D eigenvalue weighted by molar-refractivity contribution is 1.07. The Labute approximate surface area is 260 Å². The van der Waals surface area contributed by atoms with Crippen molar-refractivity contribution in [1.82, 2.24) is 19.9 Å². The quantitative estimate of drug-likeness (QED) is 0.201. The Bertz CT molecular complexity index is 1980. The predicted molar refractivity (Wildman–Crippen MR) is 178 cm³/mol. The first-order chi connectivity index (χ1) is 21.8. The molecule has 5 nitrogen and oxygen atoms in total. The number of anilines is 3. The number of hydrogen-bond acceptors (Lipinski definition) is 6. The van der Waals surface area contributed by atoms with Gasteiger partial charge in [-0.2, -0.15) is 0 Å². The maximum Gasteiger partial charge on any atom is 0.164 e. The predicted octanol–water partition coefficient (Wildman–Crippen LogP) is 9.87. The van der Waals surface area contributed by atoms with E-state index in [0.717, 1.165) is 49.9 Å². The Kier molecular flexibility index (Phi) is 6.66. The summed E-state index contributed by atoms with van der Waals surface area (Å²) in [5.74, 6) is 2.91. The van der Waals surface area contributed by atoms with Gasteiger partial charge in [0, 0.05) is 33.5 Å². The maximum atomic E-state index is 4.87. The molecule has 0 atom stereocenters. The third kappa shape index (κ3) is 4.91. The van der Waals surface area contributed by atoms with E-state index < -0.39 is 0 Å². The second kappa shape index (κ2) is 11.2. The fraction of sp³-hybridized carbons (Fsp3) is 0. The lowest BCUT2D eigenvalue weighted by Gasteiger charge is -2.31. The first-order valence-corrected chi connectivity index (χ1v) is 15.2. The molecular formula is C38H25N5S. The summed E-state index contributed by atoms with van der Waals surface area (Å²) in [6.45, 7) is 0. The van der Waals surface area contributed by atoms with Gasteiger partial charge in [0.15, 0.2) is 23.3 Å². The summed E-state index contributed by atoms with van der Waals surface area (Å²) >= 11 is 1.76. The van der Waals surface area contributed by atoms with E-state index in [1.165, 1.54) is 4.90 Å². The number of benzene rings is 5. The molecule has 1 aliphatic rings. The largest absolute Gasteiger partial charge is 0.293 e. The highest BCUT2D eigenvalue weighted by molar-refractivity contribution is 7.99. The summed E-state index contributed by atoms with van der Waals surface area (Å²) in [4.78, 5) is 23.9. The van der Waals surface area contributed by atoms with Crippen LogP contribution in [-0.2, 0) is 0 Å². The van der Waals surface area contributed by atoms with Gasteiger partial charge >= 0.3 is 0 Å². The van der Waals surface area contributed by atoms with E-state index in [1.54, 1.807) is 11.8 Å². The monoisotopic (exact) mass is 583 g/mol. The molecule has 2 aromatic heterocycles. The Morgan fingerprint density at radius 3 is 1.50 bits per heavy atom. The van der Waals surface area contributed by atoms with Crippen LogP contribution in [0.2, 0.25) is 0 Å². The molecule has 0 aliphatic carbocycles. The van der Waals surface area contributed by atoms with E-state index in [4.69, 9.17) is 19.9 Å². The van der Waals surface area contributed by atoms with Crippen LogP contribution < -0.4 is 4.90 Å². The molecule has 0 saturated carbocycles. The van der Waals surface area contributed by atoms with Gasteiger partial charge in [-0.25, -0.2) is 19.9 Å². The standard InChI is InChI=1S/C38H25N5S/c1-3-10-28(11-4-1)35-40-36(29-12-5-2-6-13-29)42-37(41-35)30-19-17-26(18-20-30)27-21-23-31(24-22-27)43-32-14-7-8-15-33(32)44-34-16-9-25-39-38(34)43/h1-25H. The average molecular weight is 584 g/mol. The lowest BCUT2D eigenvalue weighted by atomic mass is 10.0. The van der Waals surface area contributed by atoms with Gasteiger partial charge in [-0.15, -0.1) is 0 Å². The Balaban J connectivity index is 1.12. The number of rotatable bonds is 5. The van der Waals surface area contributed by atoms with Crippen molar-refractivity contribution >= 4 is 29.0 Å². The third-order valence-corrected chi connectivity index (χ3v) is 8.69. The minimum Gasteiger partial charge on any atom is -0.293 e. The minimum absolute atomic E-state index is 0.646. The minimum atomic E-state index is 0.646. The molecule has 0 N–H and O–H groups in total. The zero-order valence-electron chi connectivity index (χ0n) is 23.6. The van der Waals surface area contributed by atoms with Crippen LogP contribution in [0.4, 0.5) is 17.2 Å². The zero-order chi connectivity index (χ0) is 29.3. The topological polar surface area (TPSA) is 54.8 Å². The molecule has 6 heteroatoms. The van der Waals surface area contributed by atoms with Gasteiger partial charge in [0.2, 0.25) is 0 Å².